The van der Waals surface area contributed by atoms with E-state index in [9.17, 15) is 4.79 Å². The van der Waals surface area contributed by atoms with Crippen molar-refractivity contribution in [3.05, 3.63) is 36.0 Å². The molecule has 1 aromatic heterocycles. The van der Waals surface area contributed by atoms with Crippen molar-refractivity contribution in [2.45, 2.75) is 19.4 Å². The summed E-state index contributed by atoms with van der Waals surface area (Å²) in [4.78, 5) is 15.9. The SMILES string of the molecule is CCOC(=O)[C@@H](N)Cc1cnc2ccc(OC)cc2c1. The van der Waals surface area contributed by atoms with E-state index in [-0.39, 0.29) is 0 Å². The lowest BCUT2D eigenvalue weighted by Crippen LogP contribution is -2.34. The van der Waals surface area contributed by atoms with Crippen LogP contribution in [-0.4, -0.2) is 30.7 Å². The number of carbonyl (C=O) groups excluding carboxylic acids is 1. The van der Waals surface area contributed by atoms with Crippen molar-refractivity contribution in [1.29, 1.82) is 0 Å². The van der Waals surface area contributed by atoms with Crippen LogP contribution in [0.25, 0.3) is 10.9 Å². The maximum absolute atomic E-state index is 11.5. The smallest absolute Gasteiger partial charge is 0.323 e. The molecule has 0 bridgehead atoms. The van der Waals surface area contributed by atoms with Gasteiger partial charge in [-0.15, -0.1) is 0 Å². The molecule has 0 spiro atoms. The molecule has 0 amide bonds. The Morgan fingerprint density at radius 3 is 2.90 bits per heavy atom. The van der Waals surface area contributed by atoms with Gasteiger partial charge >= 0.3 is 5.97 Å². The summed E-state index contributed by atoms with van der Waals surface area (Å²) in [5.74, 6) is 0.379. The molecule has 0 aliphatic heterocycles. The highest BCUT2D eigenvalue weighted by Crippen LogP contribution is 2.20. The number of rotatable bonds is 5. The lowest BCUT2D eigenvalue weighted by Gasteiger charge is -2.11. The van der Waals surface area contributed by atoms with Crippen LogP contribution in [0.2, 0.25) is 0 Å². The minimum absolute atomic E-state index is 0.333. The number of carbonyl (C=O) groups is 1. The zero-order chi connectivity index (χ0) is 14.5. The summed E-state index contributed by atoms with van der Waals surface area (Å²) < 4.78 is 10.1. The standard InChI is InChI=1S/C15H18N2O3/c1-3-20-15(18)13(16)7-10-6-11-8-12(19-2)4-5-14(11)17-9-10/h4-6,8-9,13H,3,7,16H2,1-2H3/t13-/m0/s1. The van der Waals surface area contributed by atoms with Crippen molar-refractivity contribution < 1.29 is 14.3 Å². The number of nitrogens with two attached hydrogens (primary N) is 1. The summed E-state index contributed by atoms with van der Waals surface area (Å²) in [6.07, 6.45) is 2.13. The molecule has 0 radical (unpaired) electrons. The fourth-order valence-corrected chi connectivity index (χ4v) is 1.98. The lowest BCUT2D eigenvalue weighted by atomic mass is 10.1. The highest BCUT2D eigenvalue weighted by molar-refractivity contribution is 5.81. The second-order valence-corrected chi connectivity index (χ2v) is 4.46. The third kappa shape index (κ3) is 3.24. The average molecular weight is 274 g/mol. The highest BCUT2D eigenvalue weighted by Gasteiger charge is 2.15. The fourth-order valence-electron chi connectivity index (χ4n) is 1.98. The van der Waals surface area contributed by atoms with Gasteiger partial charge in [0.15, 0.2) is 0 Å². The third-order valence-electron chi connectivity index (χ3n) is 2.99. The Kier molecular flexibility index (Phi) is 4.53. The molecule has 0 aliphatic rings. The Bertz CT molecular complexity index is 613. The van der Waals surface area contributed by atoms with Crippen LogP contribution < -0.4 is 10.5 Å². The van der Waals surface area contributed by atoms with E-state index in [0.29, 0.717) is 13.0 Å². The molecular formula is C15H18N2O3. The van der Waals surface area contributed by atoms with Crippen LogP contribution in [0.5, 0.6) is 5.75 Å². The maximum atomic E-state index is 11.5. The first kappa shape index (κ1) is 14.3. The molecule has 0 unspecified atom stereocenters. The number of benzene rings is 1. The molecule has 0 saturated carbocycles. The van der Waals surface area contributed by atoms with Gasteiger partial charge < -0.3 is 15.2 Å². The largest absolute Gasteiger partial charge is 0.497 e. The normalized spacial score (nSPS) is 12.2. The van der Waals surface area contributed by atoms with E-state index in [2.05, 4.69) is 4.98 Å². The van der Waals surface area contributed by atoms with Crippen LogP contribution in [0.15, 0.2) is 30.5 Å². The predicted molar refractivity (Wildman–Crippen MR) is 76.6 cm³/mol. The number of hydrogen-bond donors (Lipinski definition) is 1. The zero-order valence-electron chi connectivity index (χ0n) is 11.6. The highest BCUT2D eigenvalue weighted by atomic mass is 16.5. The molecule has 2 N–H and O–H groups in total. The van der Waals surface area contributed by atoms with Crippen LogP contribution in [0.4, 0.5) is 0 Å². The van der Waals surface area contributed by atoms with Gasteiger partial charge in [0.1, 0.15) is 11.8 Å². The average Bonchev–Trinajstić information content (AvgIpc) is 2.46. The Hall–Kier alpha value is -2.14. The number of pyridine rings is 1. The Morgan fingerprint density at radius 1 is 1.40 bits per heavy atom. The molecule has 20 heavy (non-hydrogen) atoms. The number of aromatic nitrogens is 1. The molecule has 1 heterocycles. The number of ether oxygens (including phenoxy) is 2. The molecule has 5 heteroatoms. The minimum atomic E-state index is -0.667. The molecular weight excluding hydrogens is 256 g/mol. The van der Waals surface area contributed by atoms with Gasteiger partial charge in [-0.2, -0.15) is 0 Å². The van der Waals surface area contributed by atoms with Gasteiger partial charge in [-0.3, -0.25) is 9.78 Å². The summed E-state index contributed by atoms with van der Waals surface area (Å²) in [6, 6.07) is 6.95. The number of esters is 1. The molecule has 5 nitrogen and oxygen atoms in total. The van der Waals surface area contributed by atoms with E-state index in [4.69, 9.17) is 15.2 Å². The van der Waals surface area contributed by atoms with Crippen molar-refractivity contribution in [3.8, 4) is 5.75 Å². The maximum Gasteiger partial charge on any atom is 0.323 e. The minimum Gasteiger partial charge on any atom is -0.497 e. The summed E-state index contributed by atoms with van der Waals surface area (Å²) in [7, 11) is 1.62. The Balaban J connectivity index is 2.20. The van der Waals surface area contributed by atoms with E-state index >= 15 is 0 Å². The molecule has 2 rings (SSSR count). The van der Waals surface area contributed by atoms with E-state index in [1.165, 1.54) is 0 Å². The molecule has 0 saturated heterocycles. The van der Waals surface area contributed by atoms with E-state index in [1.807, 2.05) is 24.3 Å². The van der Waals surface area contributed by atoms with Crippen molar-refractivity contribution >= 4 is 16.9 Å². The van der Waals surface area contributed by atoms with Gasteiger partial charge in [0.05, 0.1) is 19.2 Å². The summed E-state index contributed by atoms with van der Waals surface area (Å²) in [5.41, 5.74) is 7.58. The first-order valence-corrected chi connectivity index (χ1v) is 6.49. The molecule has 0 aliphatic carbocycles. The van der Waals surface area contributed by atoms with Crippen molar-refractivity contribution in [2.75, 3.05) is 13.7 Å². The number of fused-ring (bicyclic) bond motifs is 1. The van der Waals surface area contributed by atoms with Crippen LogP contribution in [0.3, 0.4) is 0 Å². The zero-order valence-corrected chi connectivity index (χ0v) is 11.6. The van der Waals surface area contributed by atoms with Gasteiger partial charge in [0.2, 0.25) is 0 Å². The fraction of sp³-hybridized carbons (Fsp3) is 0.333. The van der Waals surface area contributed by atoms with E-state index < -0.39 is 12.0 Å². The van der Waals surface area contributed by atoms with E-state index in [1.54, 1.807) is 20.2 Å². The number of nitrogens with zero attached hydrogens (tertiary/aromatic N) is 1. The monoisotopic (exact) mass is 274 g/mol. The molecule has 1 aromatic carbocycles. The van der Waals surface area contributed by atoms with Crippen molar-refractivity contribution in [1.82, 2.24) is 4.98 Å². The van der Waals surface area contributed by atoms with E-state index in [0.717, 1.165) is 22.2 Å². The molecule has 1 atom stereocenters. The number of methoxy groups -OCH3 is 1. The molecule has 0 fully saturated rings. The van der Waals surface area contributed by atoms with Crippen molar-refractivity contribution in [2.24, 2.45) is 5.73 Å². The Morgan fingerprint density at radius 2 is 2.20 bits per heavy atom. The second-order valence-electron chi connectivity index (χ2n) is 4.46. The Labute approximate surface area is 117 Å². The number of hydrogen-bond acceptors (Lipinski definition) is 5. The van der Waals surface area contributed by atoms with Crippen LogP contribution >= 0.6 is 0 Å². The summed E-state index contributed by atoms with van der Waals surface area (Å²) >= 11 is 0. The second kappa shape index (κ2) is 6.34. The first-order chi connectivity index (χ1) is 9.63. The van der Waals surface area contributed by atoms with Crippen molar-refractivity contribution in [3.63, 3.8) is 0 Å². The van der Waals surface area contributed by atoms with Gasteiger partial charge in [0.25, 0.3) is 0 Å². The third-order valence-corrected chi connectivity index (χ3v) is 2.99. The quantitative estimate of drug-likeness (QED) is 0.840. The van der Waals surface area contributed by atoms with Gasteiger partial charge in [-0.05, 0) is 43.2 Å². The topological polar surface area (TPSA) is 74.4 Å². The molecule has 2 aromatic rings. The van der Waals surface area contributed by atoms with Crippen LogP contribution in [-0.2, 0) is 16.0 Å². The van der Waals surface area contributed by atoms with Crippen LogP contribution in [0.1, 0.15) is 12.5 Å². The van der Waals surface area contributed by atoms with Gasteiger partial charge in [0, 0.05) is 11.6 Å². The van der Waals surface area contributed by atoms with Crippen LogP contribution in [0, 0.1) is 0 Å². The summed E-state index contributed by atoms with van der Waals surface area (Å²) in [5, 5.41) is 0.956. The first-order valence-electron chi connectivity index (χ1n) is 6.49. The summed E-state index contributed by atoms with van der Waals surface area (Å²) in [6.45, 7) is 2.09. The van der Waals surface area contributed by atoms with Gasteiger partial charge in [-0.1, -0.05) is 0 Å². The lowest BCUT2D eigenvalue weighted by molar-refractivity contribution is -0.144. The van der Waals surface area contributed by atoms with Gasteiger partial charge in [-0.25, -0.2) is 0 Å². The molecule has 106 valence electrons. The predicted octanol–water partition coefficient (Wildman–Crippen LogP) is 1.68.